The van der Waals surface area contributed by atoms with Crippen molar-refractivity contribution in [2.75, 3.05) is 11.4 Å². The molecular formula is C15H11F3N4O3S. The predicted molar refractivity (Wildman–Crippen MR) is 88.6 cm³/mol. The third kappa shape index (κ3) is 3.12. The van der Waals surface area contributed by atoms with Crippen LogP contribution in [-0.2, 0) is 16.2 Å². The number of aromatic nitrogens is 2. The van der Waals surface area contributed by atoms with Crippen LogP contribution in [-0.4, -0.2) is 25.4 Å². The van der Waals surface area contributed by atoms with Crippen molar-refractivity contribution in [1.29, 1.82) is 0 Å². The summed E-state index contributed by atoms with van der Waals surface area (Å²) in [5.74, 6) is -1.16. The van der Waals surface area contributed by atoms with E-state index in [4.69, 9.17) is 0 Å². The van der Waals surface area contributed by atoms with Crippen molar-refractivity contribution in [2.45, 2.75) is 11.1 Å². The first-order valence-electron chi connectivity index (χ1n) is 7.12. The molecule has 3 rings (SSSR count). The quantitative estimate of drug-likeness (QED) is 0.692. The van der Waals surface area contributed by atoms with E-state index < -0.39 is 22.0 Å². The topological polar surface area (TPSA) is 95.5 Å². The van der Waals surface area contributed by atoms with Gasteiger partial charge in [-0.1, -0.05) is 0 Å². The predicted octanol–water partition coefficient (Wildman–Crippen LogP) is 3.80. The number of benzene rings is 2. The maximum atomic E-state index is 12.7. The van der Waals surface area contributed by atoms with E-state index in [2.05, 4.69) is 15.1 Å². The zero-order chi connectivity index (χ0) is 19.1. The lowest BCUT2D eigenvalue weighted by Crippen LogP contribution is -2.26. The Kier molecular flexibility index (Phi) is 4.18. The van der Waals surface area contributed by atoms with E-state index >= 15 is 0 Å². The van der Waals surface area contributed by atoms with Gasteiger partial charge in [-0.2, -0.15) is 13.2 Å². The molecule has 136 valence electrons. The Morgan fingerprint density at radius 2 is 1.77 bits per heavy atom. The molecule has 3 aromatic rings. The third-order valence-corrected chi connectivity index (χ3v) is 5.50. The SMILES string of the molecule is CN(c1ccc2nc(C(F)(F)F)[nH]c2c1)S(=O)(=O)c1ccc(N=O)cc1. The lowest BCUT2D eigenvalue weighted by atomic mass is 10.3. The minimum absolute atomic E-state index is 0.0531. The molecule has 0 saturated heterocycles. The Bertz CT molecular complexity index is 1080. The molecule has 0 atom stereocenters. The van der Waals surface area contributed by atoms with E-state index in [0.29, 0.717) is 0 Å². The number of sulfonamides is 1. The van der Waals surface area contributed by atoms with Crippen molar-refractivity contribution in [3.8, 4) is 0 Å². The highest BCUT2D eigenvalue weighted by molar-refractivity contribution is 7.92. The first-order valence-corrected chi connectivity index (χ1v) is 8.56. The standard InChI is InChI=1S/C15H11F3N4O3S/c1-22(26(24,25)11-5-2-9(21-23)3-6-11)10-4-7-12-13(8-10)20-14(19-12)15(16,17)18/h2-8H,1H3,(H,19,20). The van der Waals surface area contributed by atoms with Gasteiger partial charge in [0.1, 0.15) is 5.69 Å². The maximum Gasteiger partial charge on any atom is 0.449 e. The zero-order valence-electron chi connectivity index (χ0n) is 13.1. The zero-order valence-corrected chi connectivity index (χ0v) is 14.0. The molecule has 11 heteroatoms. The first kappa shape index (κ1) is 17.9. The summed E-state index contributed by atoms with van der Waals surface area (Å²) in [7, 11) is -2.71. The number of imidazole rings is 1. The van der Waals surface area contributed by atoms with Gasteiger partial charge in [-0.25, -0.2) is 13.4 Å². The van der Waals surface area contributed by atoms with Gasteiger partial charge in [-0.3, -0.25) is 4.31 Å². The molecule has 0 spiro atoms. The maximum absolute atomic E-state index is 12.7. The summed E-state index contributed by atoms with van der Waals surface area (Å²) < 4.78 is 64.4. The fourth-order valence-electron chi connectivity index (χ4n) is 2.30. The second-order valence-corrected chi connectivity index (χ2v) is 7.31. The van der Waals surface area contributed by atoms with Crippen LogP contribution in [0.4, 0.5) is 24.5 Å². The molecule has 26 heavy (non-hydrogen) atoms. The lowest BCUT2D eigenvalue weighted by Gasteiger charge is -2.19. The number of hydrogen-bond acceptors (Lipinski definition) is 5. The molecule has 7 nitrogen and oxygen atoms in total. The molecule has 0 bridgehead atoms. The molecule has 0 unspecified atom stereocenters. The van der Waals surface area contributed by atoms with Crippen molar-refractivity contribution in [3.63, 3.8) is 0 Å². The van der Waals surface area contributed by atoms with Crippen LogP contribution in [0, 0.1) is 4.91 Å². The van der Waals surface area contributed by atoms with Crippen molar-refractivity contribution in [2.24, 2.45) is 5.18 Å². The molecule has 0 amide bonds. The summed E-state index contributed by atoms with van der Waals surface area (Å²) in [5, 5.41) is 2.69. The molecule has 0 aliphatic heterocycles. The van der Waals surface area contributed by atoms with Crippen molar-refractivity contribution in [3.05, 3.63) is 53.2 Å². The molecular weight excluding hydrogens is 373 g/mol. The summed E-state index contributed by atoms with van der Waals surface area (Å²) in [6, 6.07) is 8.85. The van der Waals surface area contributed by atoms with Crippen LogP contribution in [0.2, 0.25) is 0 Å². The van der Waals surface area contributed by atoms with Gasteiger partial charge >= 0.3 is 6.18 Å². The van der Waals surface area contributed by atoms with Crippen LogP contribution in [0.3, 0.4) is 0 Å². The number of halogens is 3. The molecule has 0 radical (unpaired) electrons. The molecule has 1 heterocycles. The van der Waals surface area contributed by atoms with Gasteiger partial charge in [0.2, 0.25) is 5.82 Å². The summed E-state index contributed by atoms with van der Waals surface area (Å²) >= 11 is 0. The average Bonchev–Trinajstić information content (AvgIpc) is 3.04. The number of hydrogen-bond donors (Lipinski definition) is 1. The van der Waals surface area contributed by atoms with Gasteiger partial charge in [0.05, 0.1) is 21.6 Å². The number of nitroso groups, excluding NO2 is 1. The lowest BCUT2D eigenvalue weighted by molar-refractivity contribution is -0.144. The Labute approximate surface area is 145 Å². The highest BCUT2D eigenvalue weighted by Crippen LogP contribution is 2.31. The Balaban J connectivity index is 2.00. The second kappa shape index (κ2) is 6.09. The fourth-order valence-corrected chi connectivity index (χ4v) is 3.49. The monoisotopic (exact) mass is 384 g/mol. The Morgan fingerprint density at radius 3 is 2.35 bits per heavy atom. The third-order valence-electron chi connectivity index (χ3n) is 3.70. The number of rotatable bonds is 4. The summed E-state index contributed by atoms with van der Waals surface area (Å²) in [6.07, 6.45) is -4.63. The van der Waals surface area contributed by atoms with Gasteiger partial charge in [-0.15, -0.1) is 4.91 Å². The van der Waals surface area contributed by atoms with Crippen LogP contribution in [0.25, 0.3) is 11.0 Å². The minimum Gasteiger partial charge on any atom is -0.334 e. The van der Waals surface area contributed by atoms with E-state index in [0.717, 1.165) is 4.31 Å². The first-order chi connectivity index (χ1) is 12.1. The van der Waals surface area contributed by atoms with Crippen molar-refractivity contribution >= 4 is 32.4 Å². The number of H-pyrrole nitrogens is 1. The summed E-state index contributed by atoms with van der Waals surface area (Å²) in [6.45, 7) is 0. The molecule has 1 N–H and O–H groups in total. The minimum atomic E-state index is -4.63. The van der Waals surface area contributed by atoms with Crippen LogP contribution in [0.1, 0.15) is 5.82 Å². The molecule has 0 saturated carbocycles. The molecule has 0 aliphatic carbocycles. The number of aromatic amines is 1. The van der Waals surface area contributed by atoms with Gasteiger partial charge in [0.15, 0.2) is 0 Å². The largest absolute Gasteiger partial charge is 0.449 e. The van der Waals surface area contributed by atoms with Gasteiger partial charge < -0.3 is 4.98 Å². The van der Waals surface area contributed by atoms with Crippen molar-refractivity contribution in [1.82, 2.24) is 9.97 Å². The number of nitrogens with one attached hydrogen (secondary N) is 1. The molecule has 0 fully saturated rings. The van der Waals surface area contributed by atoms with Gasteiger partial charge in [-0.05, 0) is 47.6 Å². The highest BCUT2D eigenvalue weighted by Gasteiger charge is 2.34. The van der Waals surface area contributed by atoms with E-state index in [1.807, 2.05) is 0 Å². The van der Waals surface area contributed by atoms with E-state index in [1.54, 1.807) is 0 Å². The number of nitrogens with zero attached hydrogens (tertiary/aromatic N) is 3. The van der Waals surface area contributed by atoms with Crippen LogP contribution in [0.15, 0.2) is 52.5 Å². The average molecular weight is 384 g/mol. The molecule has 2 aromatic carbocycles. The number of fused-ring (bicyclic) bond motifs is 1. The summed E-state index contributed by atoms with van der Waals surface area (Å²) in [4.78, 5) is 15.9. The van der Waals surface area contributed by atoms with Crippen molar-refractivity contribution < 1.29 is 21.6 Å². The summed E-state index contributed by atoms with van der Waals surface area (Å²) in [5.41, 5.74) is 0.336. The highest BCUT2D eigenvalue weighted by atomic mass is 32.2. The van der Waals surface area contributed by atoms with E-state index in [9.17, 15) is 26.5 Å². The number of anilines is 1. The van der Waals surface area contributed by atoms with E-state index in [1.165, 1.54) is 49.5 Å². The van der Waals surface area contributed by atoms with E-state index in [-0.39, 0.29) is 27.3 Å². The Morgan fingerprint density at radius 1 is 1.12 bits per heavy atom. The smallest absolute Gasteiger partial charge is 0.334 e. The van der Waals surface area contributed by atoms with Gasteiger partial charge in [0, 0.05) is 7.05 Å². The van der Waals surface area contributed by atoms with Crippen LogP contribution < -0.4 is 4.31 Å². The van der Waals surface area contributed by atoms with Crippen LogP contribution in [0.5, 0.6) is 0 Å². The second-order valence-electron chi connectivity index (χ2n) is 5.34. The molecule has 0 aliphatic rings. The number of alkyl halides is 3. The van der Waals surface area contributed by atoms with Crippen LogP contribution >= 0.6 is 0 Å². The van der Waals surface area contributed by atoms with Gasteiger partial charge in [0.25, 0.3) is 10.0 Å². The Hall–Kier alpha value is -2.95. The fraction of sp³-hybridized carbons (Fsp3) is 0.133. The molecule has 1 aromatic heterocycles. The normalized spacial score (nSPS) is 12.3.